The van der Waals surface area contributed by atoms with E-state index in [0.717, 1.165) is 27.5 Å². The van der Waals surface area contributed by atoms with Crippen LogP contribution in [0.5, 0.6) is 0 Å². The number of hydrogen-bond acceptors (Lipinski definition) is 7. The monoisotopic (exact) mass is 292 g/mol. The van der Waals surface area contributed by atoms with E-state index in [4.69, 9.17) is 4.52 Å². The fourth-order valence-electron chi connectivity index (χ4n) is 1.64. The molecule has 0 aromatic carbocycles. The van der Waals surface area contributed by atoms with Gasteiger partial charge in [-0.05, 0) is 18.4 Å². The second-order valence-electron chi connectivity index (χ2n) is 3.98. The third kappa shape index (κ3) is 2.48. The maximum atomic E-state index is 5.26. The van der Waals surface area contributed by atoms with Gasteiger partial charge >= 0.3 is 0 Å². The minimum atomic E-state index is 0.0769. The molecule has 5 nitrogen and oxygen atoms in total. The molecule has 0 aliphatic heterocycles. The van der Waals surface area contributed by atoms with Gasteiger partial charge in [-0.2, -0.15) is 4.98 Å². The van der Waals surface area contributed by atoms with Crippen molar-refractivity contribution in [2.75, 3.05) is 0 Å². The Bertz CT molecular complexity index is 694. The van der Waals surface area contributed by atoms with Crippen LogP contribution >= 0.6 is 23.1 Å². The predicted molar refractivity (Wildman–Crippen MR) is 75.4 cm³/mol. The molecular formula is C12H12N4OS2. The van der Waals surface area contributed by atoms with Crippen LogP contribution < -0.4 is 0 Å². The van der Waals surface area contributed by atoms with Crippen LogP contribution in [0.15, 0.2) is 27.3 Å². The van der Waals surface area contributed by atoms with Gasteiger partial charge in [0, 0.05) is 6.42 Å². The van der Waals surface area contributed by atoms with E-state index >= 15 is 0 Å². The Hall–Kier alpha value is -1.47. The number of aromatic nitrogens is 4. The first-order valence-corrected chi connectivity index (χ1v) is 7.71. The molecule has 0 aliphatic rings. The lowest BCUT2D eigenvalue weighted by atomic mass is 10.4. The molecule has 98 valence electrons. The summed E-state index contributed by atoms with van der Waals surface area (Å²) >= 11 is 3.27. The molecule has 0 spiro atoms. The van der Waals surface area contributed by atoms with Gasteiger partial charge in [0.25, 0.3) is 0 Å². The van der Waals surface area contributed by atoms with Gasteiger partial charge in [-0.1, -0.05) is 23.8 Å². The average Bonchev–Trinajstić information content (AvgIpc) is 3.08. The molecule has 0 fully saturated rings. The van der Waals surface area contributed by atoms with Gasteiger partial charge in [-0.15, -0.1) is 11.3 Å². The molecule has 1 unspecified atom stereocenters. The lowest BCUT2D eigenvalue weighted by molar-refractivity contribution is 0.375. The van der Waals surface area contributed by atoms with Crippen LogP contribution in [0.3, 0.4) is 0 Å². The van der Waals surface area contributed by atoms with Crippen molar-refractivity contribution >= 4 is 33.3 Å². The molecule has 0 amide bonds. The van der Waals surface area contributed by atoms with Crippen LogP contribution in [-0.2, 0) is 6.42 Å². The van der Waals surface area contributed by atoms with E-state index in [1.807, 2.05) is 25.3 Å². The third-order valence-corrected chi connectivity index (χ3v) is 4.77. The van der Waals surface area contributed by atoms with Gasteiger partial charge in [-0.3, -0.25) is 0 Å². The van der Waals surface area contributed by atoms with E-state index in [2.05, 4.69) is 20.1 Å². The highest BCUT2D eigenvalue weighted by Crippen LogP contribution is 2.37. The summed E-state index contributed by atoms with van der Waals surface area (Å²) in [5.41, 5.74) is 0.981. The normalized spacial score (nSPS) is 12.9. The number of aryl methyl sites for hydroxylation is 1. The van der Waals surface area contributed by atoms with Crippen LogP contribution in [0.4, 0.5) is 0 Å². The summed E-state index contributed by atoms with van der Waals surface area (Å²) in [6, 6.07) is 2.00. The average molecular weight is 292 g/mol. The molecule has 3 rings (SSSR count). The van der Waals surface area contributed by atoms with Crippen molar-refractivity contribution in [3.63, 3.8) is 0 Å². The van der Waals surface area contributed by atoms with Crippen LogP contribution in [-0.4, -0.2) is 20.1 Å². The van der Waals surface area contributed by atoms with Crippen molar-refractivity contribution in [2.24, 2.45) is 0 Å². The van der Waals surface area contributed by atoms with Gasteiger partial charge in [0.2, 0.25) is 5.89 Å². The highest BCUT2D eigenvalue weighted by molar-refractivity contribution is 7.99. The topological polar surface area (TPSA) is 64.7 Å². The van der Waals surface area contributed by atoms with Gasteiger partial charge in [-0.25, -0.2) is 9.97 Å². The molecule has 0 radical (unpaired) electrons. The van der Waals surface area contributed by atoms with Crippen molar-refractivity contribution in [3.05, 3.63) is 29.5 Å². The molecule has 0 saturated carbocycles. The van der Waals surface area contributed by atoms with Gasteiger partial charge in [0.1, 0.15) is 11.4 Å². The zero-order valence-electron chi connectivity index (χ0n) is 10.5. The minimum Gasteiger partial charge on any atom is -0.338 e. The number of thiophene rings is 1. The molecule has 0 bridgehead atoms. The smallest absolute Gasteiger partial charge is 0.239 e. The molecule has 7 heteroatoms. The summed E-state index contributed by atoms with van der Waals surface area (Å²) in [5.74, 6) is 1.39. The summed E-state index contributed by atoms with van der Waals surface area (Å²) in [4.78, 5) is 12.9. The number of thioether (sulfide) groups is 1. The summed E-state index contributed by atoms with van der Waals surface area (Å²) in [7, 11) is 0. The second-order valence-corrected chi connectivity index (χ2v) is 6.22. The number of nitrogens with zero attached hydrogens (tertiary/aromatic N) is 4. The predicted octanol–water partition coefficient (Wildman–Crippen LogP) is 3.49. The molecule has 0 saturated heterocycles. The first-order chi connectivity index (χ1) is 9.28. The summed E-state index contributed by atoms with van der Waals surface area (Å²) in [6.07, 6.45) is 2.37. The second kappa shape index (κ2) is 5.26. The van der Waals surface area contributed by atoms with Crippen LogP contribution in [0.25, 0.3) is 10.2 Å². The molecule has 19 heavy (non-hydrogen) atoms. The van der Waals surface area contributed by atoms with E-state index in [1.54, 1.807) is 29.4 Å². The van der Waals surface area contributed by atoms with Gasteiger partial charge in [0.05, 0.1) is 15.5 Å². The largest absolute Gasteiger partial charge is 0.338 e. The minimum absolute atomic E-state index is 0.0769. The van der Waals surface area contributed by atoms with Gasteiger partial charge < -0.3 is 4.52 Å². The van der Waals surface area contributed by atoms with Crippen molar-refractivity contribution < 1.29 is 4.52 Å². The van der Waals surface area contributed by atoms with Crippen LogP contribution in [0.1, 0.15) is 30.8 Å². The van der Waals surface area contributed by atoms with Crippen molar-refractivity contribution in [1.82, 2.24) is 20.1 Å². The quantitative estimate of drug-likeness (QED) is 0.542. The SMILES string of the molecule is CCc1noc(C(C)Sc2ncnc3ccsc23)n1. The molecule has 3 heterocycles. The van der Waals surface area contributed by atoms with Crippen LogP contribution in [0.2, 0.25) is 0 Å². The zero-order valence-corrected chi connectivity index (χ0v) is 12.2. The number of rotatable bonds is 4. The van der Waals surface area contributed by atoms with E-state index in [0.29, 0.717) is 5.89 Å². The van der Waals surface area contributed by atoms with Crippen molar-refractivity contribution in [1.29, 1.82) is 0 Å². The Balaban J connectivity index is 1.86. The maximum Gasteiger partial charge on any atom is 0.239 e. The van der Waals surface area contributed by atoms with Gasteiger partial charge in [0.15, 0.2) is 5.82 Å². The molecule has 3 aromatic rings. The fraction of sp³-hybridized carbons (Fsp3) is 0.333. The van der Waals surface area contributed by atoms with Crippen molar-refractivity contribution in [3.8, 4) is 0 Å². The Morgan fingerprint density at radius 3 is 3.11 bits per heavy atom. The first kappa shape index (κ1) is 12.6. The van der Waals surface area contributed by atoms with Crippen LogP contribution in [0, 0.1) is 0 Å². The summed E-state index contributed by atoms with van der Waals surface area (Å²) in [6.45, 7) is 4.05. The Kier molecular flexibility index (Phi) is 3.48. The summed E-state index contributed by atoms with van der Waals surface area (Å²) < 4.78 is 6.37. The highest BCUT2D eigenvalue weighted by atomic mass is 32.2. The Morgan fingerprint density at radius 2 is 2.32 bits per heavy atom. The molecule has 1 atom stereocenters. The van der Waals surface area contributed by atoms with Crippen molar-refractivity contribution in [2.45, 2.75) is 30.5 Å². The summed E-state index contributed by atoms with van der Waals surface area (Å²) in [5, 5.41) is 6.98. The Labute approximate surface area is 118 Å². The van der Waals surface area contributed by atoms with E-state index in [1.165, 1.54) is 0 Å². The molecule has 3 aromatic heterocycles. The van der Waals surface area contributed by atoms with E-state index < -0.39 is 0 Å². The molecule has 0 aliphatic carbocycles. The maximum absolute atomic E-state index is 5.26. The number of hydrogen-bond donors (Lipinski definition) is 0. The number of fused-ring (bicyclic) bond motifs is 1. The lowest BCUT2D eigenvalue weighted by Crippen LogP contribution is -1.92. The fourth-order valence-corrected chi connectivity index (χ4v) is 3.51. The first-order valence-electron chi connectivity index (χ1n) is 5.95. The highest BCUT2D eigenvalue weighted by Gasteiger charge is 2.17. The standard InChI is InChI=1S/C12H12N4OS2/c1-3-9-15-11(17-16-9)7(2)19-12-10-8(4-5-18-10)13-6-14-12/h4-7H,3H2,1-2H3. The molecular weight excluding hydrogens is 280 g/mol. The third-order valence-electron chi connectivity index (χ3n) is 2.65. The molecule has 0 N–H and O–H groups in total. The Morgan fingerprint density at radius 1 is 1.42 bits per heavy atom. The zero-order chi connectivity index (χ0) is 13.2. The van der Waals surface area contributed by atoms with E-state index in [9.17, 15) is 0 Å². The lowest BCUT2D eigenvalue weighted by Gasteiger charge is -2.05. The van der Waals surface area contributed by atoms with E-state index in [-0.39, 0.29) is 5.25 Å².